The van der Waals surface area contributed by atoms with Crippen LogP contribution in [0.1, 0.15) is 30.2 Å². The van der Waals surface area contributed by atoms with Gasteiger partial charge in [-0.1, -0.05) is 48.5 Å². The maximum Gasteiger partial charge on any atom is 0.246 e. The minimum absolute atomic E-state index is 0.288. The number of benzene rings is 2. The van der Waals surface area contributed by atoms with Crippen LogP contribution in [0.4, 0.5) is 0 Å². The molecule has 3 aromatic rings. The number of primary amides is 1. The molecule has 7 nitrogen and oxygen atoms in total. The van der Waals surface area contributed by atoms with Crippen molar-refractivity contribution in [2.24, 2.45) is 5.73 Å². The third kappa shape index (κ3) is 4.17. The summed E-state index contributed by atoms with van der Waals surface area (Å²) in [5.41, 5.74) is 8.44. The lowest BCUT2D eigenvalue weighted by Crippen LogP contribution is -2.63. The molecular formula is C24H26N4O3. The number of carbonyl (C=O) groups excluding carboxylic acids is 3. The summed E-state index contributed by atoms with van der Waals surface area (Å²) in [6.07, 6.45) is 1.66. The molecule has 31 heavy (non-hydrogen) atoms. The number of nitrogens with two attached hydrogens (primary N) is 1. The third-order valence-electron chi connectivity index (χ3n) is 5.96. The number of nitrogens with one attached hydrogen (secondary N) is 3. The fraction of sp³-hybridized carbons (Fsp3) is 0.292. The molecular weight excluding hydrogens is 392 g/mol. The number of para-hydroxylation sites is 1. The molecule has 0 saturated heterocycles. The van der Waals surface area contributed by atoms with E-state index in [1.54, 1.807) is 0 Å². The van der Waals surface area contributed by atoms with Gasteiger partial charge in [0.05, 0.1) is 0 Å². The molecule has 0 aliphatic heterocycles. The maximum atomic E-state index is 13.5. The van der Waals surface area contributed by atoms with Crippen LogP contribution in [-0.4, -0.2) is 34.3 Å². The van der Waals surface area contributed by atoms with Gasteiger partial charge in [-0.15, -0.1) is 0 Å². The van der Waals surface area contributed by atoms with Crippen LogP contribution in [0, 0.1) is 0 Å². The summed E-state index contributed by atoms with van der Waals surface area (Å²) < 4.78 is 0. The molecule has 5 N–H and O–H groups in total. The van der Waals surface area contributed by atoms with Crippen molar-refractivity contribution >= 4 is 28.6 Å². The van der Waals surface area contributed by atoms with E-state index in [-0.39, 0.29) is 12.3 Å². The normalized spacial score (nSPS) is 18.7. The van der Waals surface area contributed by atoms with E-state index in [2.05, 4.69) is 15.6 Å². The molecule has 0 saturated carbocycles. The number of aromatic amines is 1. The Morgan fingerprint density at radius 1 is 1.10 bits per heavy atom. The molecule has 4 rings (SSSR count). The van der Waals surface area contributed by atoms with Gasteiger partial charge >= 0.3 is 0 Å². The van der Waals surface area contributed by atoms with Gasteiger partial charge in [0.1, 0.15) is 11.6 Å². The van der Waals surface area contributed by atoms with Crippen LogP contribution in [0.25, 0.3) is 10.9 Å². The van der Waals surface area contributed by atoms with Gasteiger partial charge in [-0.3, -0.25) is 14.4 Å². The number of hydrogen-bond donors (Lipinski definition) is 4. The Labute approximate surface area is 180 Å². The zero-order valence-electron chi connectivity index (χ0n) is 17.4. The second kappa shape index (κ2) is 8.26. The van der Waals surface area contributed by atoms with Crippen molar-refractivity contribution in [3.63, 3.8) is 0 Å². The Hall–Kier alpha value is -3.61. The van der Waals surface area contributed by atoms with E-state index in [0.29, 0.717) is 19.3 Å². The van der Waals surface area contributed by atoms with E-state index in [0.717, 1.165) is 27.7 Å². The van der Waals surface area contributed by atoms with Gasteiger partial charge in [0.15, 0.2) is 0 Å². The topological polar surface area (TPSA) is 117 Å². The van der Waals surface area contributed by atoms with Gasteiger partial charge in [0.25, 0.3) is 0 Å². The highest BCUT2D eigenvalue weighted by Crippen LogP contribution is 2.34. The fourth-order valence-corrected chi connectivity index (χ4v) is 4.46. The number of hydrogen-bond acceptors (Lipinski definition) is 3. The quantitative estimate of drug-likeness (QED) is 0.488. The fourth-order valence-electron chi connectivity index (χ4n) is 4.46. The lowest BCUT2D eigenvalue weighted by atomic mass is 9.78. The average Bonchev–Trinajstić information content (AvgIpc) is 3.11. The number of aryl methyl sites for hydroxylation is 1. The van der Waals surface area contributed by atoms with Crippen molar-refractivity contribution in [1.29, 1.82) is 0 Å². The summed E-state index contributed by atoms with van der Waals surface area (Å²) in [6, 6.07) is 16.4. The van der Waals surface area contributed by atoms with Gasteiger partial charge in [-0.2, -0.15) is 0 Å². The van der Waals surface area contributed by atoms with E-state index in [1.165, 1.54) is 6.92 Å². The lowest BCUT2D eigenvalue weighted by Gasteiger charge is -2.37. The Kier molecular flexibility index (Phi) is 5.50. The molecule has 0 unspecified atom stereocenters. The zero-order valence-corrected chi connectivity index (χ0v) is 17.4. The summed E-state index contributed by atoms with van der Waals surface area (Å²) >= 11 is 0. The minimum Gasteiger partial charge on any atom is -0.368 e. The van der Waals surface area contributed by atoms with Crippen molar-refractivity contribution in [3.8, 4) is 0 Å². The first-order chi connectivity index (χ1) is 14.9. The van der Waals surface area contributed by atoms with Gasteiger partial charge in [0, 0.05) is 36.4 Å². The van der Waals surface area contributed by atoms with Gasteiger partial charge < -0.3 is 21.4 Å². The molecule has 2 atom stereocenters. The minimum atomic E-state index is -1.14. The smallest absolute Gasteiger partial charge is 0.246 e. The van der Waals surface area contributed by atoms with Crippen molar-refractivity contribution in [2.45, 2.75) is 44.2 Å². The molecule has 0 fully saturated rings. The van der Waals surface area contributed by atoms with Gasteiger partial charge in [-0.05, 0) is 30.0 Å². The second-order valence-electron chi connectivity index (χ2n) is 8.19. The third-order valence-corrected chi connectivity index (χ3v) is 5.96. The number of aromatic nitrogens is 1. The highest BCUT2D eigenvalue weighted by Gasteiger charge is 2.44. The first kappa shape index (κ1) is 20.7. The predicted octanol–water partition coefficient (Wildman–Crippen LogP) is 1.74. The van der Waals surface area contributed by atoms with Crippen molar-refractivity contribution in [2.75, 3.05) is 0 Å². The van der Waals surface area contributed by atoms with Crippen LogP contribution in [0.2, 0.25) is 0 Å². The Balaban J connectivity index is 1.63. The van der Waals surface area contributed by atoms with Gasteiger partial charge in [0.2, 0.25) is 17.7 Å². The molecule has 1 aliphatic carbocycles. The number of fused-ring (bicyclic) bond motifs is 3. The average molecular weight is 418 g/mol. The number of amides is 3. The Bertz CT molecular complexity index is 1140. The standard InChI is InChI=1S/C24H26N4O3/c1-15(29)28-24(12-11-20-18(14-24)17-9-5-6-10-19(17)26-20)23(31)27-21(22(25)30)13-16-7-3-2-4-8-16/h2-10,21,26H,11-14H2,1H3,(H2,25,30)(H,27,31)(H,28,29)/t21-,24+/m0/s1. The van der Waals surface area contributed by atoms with Crippen molar-refractivity contribution < 1.29 is 14.4 Å². The molecule has 7 heteroatoms. The largest absolute Gasteiger partial charge is 0.368 e. The van der Waals surface area contributed by atoms with Crippen LogP contribution in [0.5, 0.6) is 0 Å². The highest BCUT2D eigenvalue weighted by molar-refractivity contribution is 5.96. The van der Waals surface area contributed by atoms with Crippen molar-refractivity contribution in [1.82, 2.24) is 15.6 Å². The summed E-state index contributed by atoms with van der Waals surface area (Å²) in [4.78, 5) is 41.1. The molecule has 2 aromatic carbocycles. The summed E-state index contributed by atoms with van der Waals surface area (Å²) in [5, 5.41) is 6.73. The van der Waals surface area contributed by atoms with E-state index < -0.39 is 23.4 Å². The maximum absolute atomic E-state index is 13.5. The Morgan fingerprint density at radius 2 is 1.81 bits per heavy atom. The van der Waals surface area contributed by atoms with Crippen LogP contribution in [-0.2, 0) is 33.6 Å². The molecule has 0 radical (unpaired) electrons. The zero-order chi connectivity index (χ0) is 22.0. The Morgan fingerprint density at radius 3 is 2.52 bits per heavy atom. The molecule has 0 spiro atoms. The van der Waals surface area contributed by atoms with E-state index in [4.69, 9.17) is 5.73 Å². The first-order valence-electron chi connectivity index (χ1n) is 10.4. The van der Waals surface area contributed by atoms with E-state index in [1.807, 2.05) is 54.6 Å². The summed E-state index contributed by atoms with van der Waals surface area (Å²) in [7, 11) is 0. The van der Waals surface area contributed by atoms with Crippen molar-refractivity contribution in [3.05, 3.63) is 71.4 Å². The van der Waals surface area contributed by atoms with Crippen LogP contribution in [0.15, 0.2) is 54.6 Å². The van der Waals surface area contributed by atoms with Crippen LogP contribution in [0.3, 0.4) is 0 Å². The summed E-state index contributed by atoms with van der Waals surface area (Å²) in [6.45, 7) is 1.40. The van der Waals surface area contributed by atoms with Crippen LogP contribution >= 0.6 is 0 Å². The SMILES string of the molecule is CC(=O)N[C@]1(C(=O)N[C@@H](Cc2ccccc2)C(N)=O)CCc2[nH]c3ccccc3c2C1. The van der Waals surface area contributed by atoms with E-state index in [9.17, 15) is 14.4 Å². The number of carbonyl (C=O) groups is 3. The molecule has 3 amide bonds. The molecule has 160 valence electrons. The molecule has 1 aromatic heterocycles. The van der Waals surface area contributed by atoms with E-state index >= 15 is 0 Å². The number of rotatable bonds is 6. The number of H-pyrrole nitrogens is 1. The molecule has 0 bridgehead atoms. The molecule has 1 heterocycles. The van der Waals surface area contributed by atoms with Crippen LogP contribution < -0.4 is 16.4 Å². The monoisotopic (exact) mass is 418 g/mol. The van der Waals surface area contributed by atoms with Gasteiger partial charge in [-0.25, -0.2) is 0 Å². The highest BCUT2D eigenvalue weighted by atomic mass is 16.2. The lowest BCUT2D eigenvalue weighted by molar-refractivity contribution is -0.135. The predicted molar refractivity (Wildman–Crippen MR) is 118 cm³/mol. The molecule has 1 aliphatic rings. The summed E-state index contributed by atoms with van der Waals surface area (Å²) in [5.74, 6) is -1.30. The first-order valence-corrected chi connectivity index (χ1v) is 10.4. The second-order valence-corrected chi connectivity index (χ2v) is 8.19.